The Kier molecular flexibility index (Phi) is 4.76. The topological polar surface area (TPSA) is 49.3 Å². The van der Waals surface area contributed by atoms with E-state index in [4.69, 9.17) is 5.11 Å². The highest BCUT2D eigenvalue weighted by Crippen LogP contribution is 2.32. The van der Waals surface area contributed by atoms with Gasteiger partial charge in [0.15, 0.2) is 0 Å². The molecule has 18 heavy (non-hydrogen) atoms. The molecule has 98 valence electrons. The number of carbonyl (C=O) groups is 1. The highest BCUT2D eigenvalue weighted by Gasteiger charge is 2.14. The van der Waals surface area contributed by atoms with Gasteiger partial charge in [0.25, 0.3) is 0 Å². The maximum Gasteiger partial charge on any atom is 0.317 e. The Hall–Kier alpha value is -1.35. The molecule has 1 saturated carbocycles. The summed E-state index contributed by atoms with van der Waals surface area (Å²) in [5.41, 5.74) is 2.59. The van der Waals surface area contributed by atoms with Crippen LogP contribution in [0.15, 0.2) is 24.3 Å². The number of nitrogens with one attached hydrogen (secondary N) is 1. The number of benzene rings is 1. The van der Waals surface area contributed by atoms with E-state index in [1.165, 1.54) is 37.7 Å². The van der Waals surface area contributed by atoms with Crippen molar-refractivity contribution in [3.8, 4) is 0 Å². The van der Waals surface area contributed by atoms with Crippen molar-refractivity contribution in [2.24, 2.45) is 0 Å². The van der Waals surface area contributed by atoms with Crippen LogP contribution >= 0.6 is 0 Å². The Labute approximate surface area is 108 Å². The van der Waals surface area contributed by atoms with E-state index in [1.54, 1.807) is 0 Å². The van der Waals surface area contributed by atoms with Gasteiger partial charge in [-0.1, -0.05) is 43.5 Å². The van der Waals surface area contributed by atoms with Gasteiger partial charge in [-0.2, -0.15) is 0 Å². The number of aliphatic carboxylic acids is 1. The van der Waals surface area contributed by atoms with Gasteiger partial charge in [-0.15, -0.1) is 0 Å². The van der Waals surface area contributed by atoms with Crippen molar-refractivity contribution in [2.75, 3.05) is 6.54 Å². The molecular weight excluding hydrogens is 226 g/mol. The first-order valence-corrected chi connectivity index (χ1v) is 6.77. The van der Waals surface area contributed by atoms with Crippen molar-refractivity contribution in [1.29, 1.82) is 0 Å². The third-order valence-electron chi connectivity index (χ3n) is 3.66. The molecule has 2 N–H and O–H groups in total. The third kappa shape index (κ3) is 3.84. The first kappa shape index (κ1) is 13.1. The van der Waals surface area contributed by atoms with Crippen LogP contribution in [0.1, 0.15) is 49.1 Å². The molecule has 1 fully saturated rings. The molecule has 1 aromatic carbocycles. The van der Waals surface area contributed by atoms with Crippen LogP contribution in [0.4, 0.5) is 0 Å². The van der Waals surface area contributed by atoms with Crippen molar-refractivity contribution >= 4 is 5.97 Å². The van der Waals surface area contributed by atoms with Gasteiger partial charge in [-0.3, -0.25) is 4.79 Å². The molecule has 0 spiro atoms. The summed E-state index contributed by atoms with van der Waals surface area (Å²) >= 11 is 0. The normalized spacial score (nSPS) is 16.7. The zero-order valence-electron chi connectivity index (χ0n) is 10.7. The van der Waals surface area contributed by atoms with Gasteiger partial charge >= 0.3 is 5.97 Å². The Morgan fingerprint density at radius 1 is 1.17 bits per heavy atom. The minimum Gasteiger partial charge on any atom is -0.480 e. The van der Waals surface area contributed by atoms with Crippen molar-refractivity contribution in [3.63, 3.8) is 0 Å². The highest BCUT2D eigenvalue weighted by atomic mass is 16.4. The van der Waals surface area contributed by atoms with Crippen LogP contribution < -0.4 is 5.32 Å². The van der Waals surface area contributed by atoms with Gasteiger partial charge in [-0.25, -0.2) is 0 Å². The Bertz CT molecular complexity index is 380. The first-order valence-electron chi connectivity index (χ1n) is 6.77. The minimum absolute atomic E-state index is 0.0182. The molecule has 0 radical (unpaired) electrons. The zero-order valence-corrected chi connectivity index (χ0v) is 10.7. The van der Waals surface area contributed by atoms with Crippen molar-refractivity contribution in [1.82, 2.24) is 5.32 Å². The molecule has 1 aliphatic rings. The van der Waals surface area contributed by atoms with Crippen molar-refractivity contribution < 1.29 is 9.90 Å². The summed E-state index contributed by atoms with van der Waals surface area (Å²) in [6, 6.07) is 8.62. The number of hydrogen-bond donors (Lipinski definition) is 2. The van der Waals surface area contributed by atoms with Crippen LogP contribution in [-0.2, 0) is 11.3 Å². The van der Waals surface area contributed by atoms with E-state index in [2.05, 4.69) is 29.6 Å². The van der Waals surface area contributed by atoms with Gasteiger partial charge < -0.3 is 10.4 Å². The van der Waals surface area contributed by atoms with E-state index in [9.17, 15) is 4.79 Å². The van der Waals surface area contributed by atoms with Crippen molar-refractivity contribution in [3.05, 3.63) is 35.4 Å². The molecule has 0 aromatic heterocycles. The van der Waals surface area contributed by atoms with E-state index in [0.717, 1.165) is 11.5 Å². The quantitative estimate of drug-likeness (QED) is 0.841. The second kappa shape index (κ2) is 6.55. The summed E-state index contributed by atoms with van der Waals surface area (Å²) in [7, 11) is 0. The maximum atomic E-state index is 10.4. The summed E-state index contributed by atoms with van der Waals surface area (Å²) in [5.74, 6) is -0.0754. The summed E-state index contributed by atoms with van der Waals surface area (Å²) in [4.78, 5) is 10.4. The second-order valence-corrected chi connectivity index (χ2v) is 5.07. The molecule has 0 saturated heterocycles. The molecule has 1 aromatic rings. The lowest BCUT2D eigenvalue weighted by molar-refractivity contribution is -0.135. The van der Waals surface area contributed by atoms with Gasteiger partial charge in [0.05, 0.1) is 6.54 Å². The maximum absolute atomic E-state index is 10.4. The lowest BCUT2D eigenvalue weighted by atomic mass is 9.84. The van der Waals surface area contributed by atoms with Crippen LogP contribution in [0, 0.1) is 0 Å². The number of carboxylic acids is 1. The van der Waals surface area contributed by atoms with E-state index < -0.39 is 5.97 Å². The predicted molar refractivity (Wildman–Crippen MR) is 71.6 cm³/mol. The van der Waals surface area contributed by atoms with E-state index >= 15 is 0 Å². The van der Waals surface area contributed by atoms with Gasteiger partial charge in [0, 0.05) is 6.54 Å². The van der Waals surface area contributed by atoms with E-state index in [1.807, 2.05) is 0 Å². The summed E-state index contributed by atoms with van der Waals surface area (Å²) in [6.07, 6.45) is 6.72. The number of rotatable bonds is 5. The SMILES string of the molecule is O=C(O)CNCc1ccc(C2CCCCC2)cc1. The smallest absolute Gasteiger partial charge is 0.317 e. The Morgan fingerprint density at radius 3 is 2.44 bits per heavy atom. The monoisotopic (exact) mass is 247 g/mol. The zero-order chi connectivity index (χ0) is 12.8. The fraction of sp³-hybridized carbons (Fsp3) is 0.533. The van der Waals surface area contributed by atoms with Crippen LogP contribution in [0.25, 0.3) is 0 Å². The molecular formula is C15H21NO2. The average Bonchev–Trinajstić information content (AvgIpc) is 2.40. The summed E-state index contributed by atoms with van der Waals surface area (Å²) < 4.78 is 0. The Morgan fingerprint density at radius 2 is 1.83 bits per heavy atom. The van der Waals surface area contributed by atoms with Crippen LogP contribution in [0.5, 0.6) is 0 Å². The summed E-state index contributed by atoms with van der Waals surface area (Å²) in [6.45, 7) is 0.640. The standard InChI is InChI=1S/C15H21NO2/c17-15(18)11-16-10-12-6-8-14(9-7-12)13-4-2-1-3-5-13/h6-9,13,16H,1-5,10-11H2,(H,17,18). The van der Waals surface area contributed by atoms with E-state index in [0.29, 0.717) is 6.54 Å². The lowest BCUT2D eigenvalue weighted by Crippen LogP contribution is -2.21. The summed E-state index contributed by atoms with van der Waals surface area (Å²) in [5, 5.41) is 11.4. The molecule has 0 heterocycles. The molecule has 0 aliphatic heterocycles. The molecule has 0 unspecified atom stereocenters. The van der Waals surface area contributed by atoms with Gasteiger partial charge in [0.1, 0.15) is 0 Å². The molecule has 3 heteroatoms. The predicted octanol–water partition coefficient (Wildman–Crippen LogP) is 2.91. The molecule has 1 aliphatic carbocycles. The van der Waals surface area contributed by atoms with Gasteiger partial charge in [-0.05, 0) is 29.9 Å². The fourth-order valence-electron chi connectivity index (χ4n) is 2.66. The molecule has 3 nitrogen and oxygen atoms in total. The van der Waals surface area contributed by atoms with Gasteiger partial charge in [0.2, 0.25) is 0 Å². The Balaban J connectivity index is 1.86. The van der Waals surface area contributed by atoms with Crippen molar-refractivity contribution in [2.45, 2.75) is 44.6 Å². The highest BCUT2D eigenvalue weighted by molar-refractivity contribution is 5.68. The molecule has 0 bridgehead atoms. The first-order chi connectivity index (χ1) is 8.75. The molecule has 0 atom stereocenters. The average molecular weight is 247 g/mol. The van der Waals surface area contributed by atoms with Crippen LogP contribution in [0.3, 0.4) is 0 Å². The lowest BCUT2D eigenvalue weighted by Gasteiger charge is -2.22. The molecule has 0 amide bonds. The fourth-order valence-corrected chi connectivity index (χ4v) is 2.66. The largest absolute Gasteiger partial charge is 0.480 e. The second-order valence-electron chi connectivity index (χ2n) is 5.07. The van der Waals surface area contributed by atoms with Crippen LogP contribution in [-0.4, -0.2) is 17.6 Å². The van der Waals surface area contributed by atoms with Crippen LogP contribution in [0.2, 0.25) is 0 Å². The molecule has 2 rings (SSSR count). The van der Waals surface area contributed by atoms with E-state index in [-0.39, 0.29) is 6.54 Å². The minimum atomic E-state index is -0.811. The number of hydrogen-bond acceptors (Lipinski definition) is 2. The third-order valence-corrected chi connectivity index (χ3v) is 3.66. The number of carboxylic acid groups (broad SMARTS) is 1.